The summed E-state index contributed by atoms with van der Waals surface area (Å²) in [5.41, 5.74) is 0.216. The Hall–Kier alpha value is -2.50. The van der Waals surface area contributed by atoms with E-state index in [1.807, 2.05) is 6.07 Å². The van der Waals surface area contributed by atoms with Crippen LogP contribution in [0.5, 0.6) is 0 Å². The second-order valence-corrected chi connectivity index (χ2v) is 7.25. The number of carbonyl (C=O) groups excluding carboxylic acids is 1. The van der Waals surface area contributed by atoms with Crippen LogP contribution in [0.15, 0.2) is 42.7 Å². The van der Waals surface area contributed by atoms with E-state index in [9.17, 15) is 9.18 Å². The largest absolute Gasteiger partial charge is 0.351 e. The van der Waals surface area contributed by atoms with Gasteiger partial charge in [-0.15, -0.1) is 0 Å². The van der Waals surface area contributed by atoms with Crippen LogP contribution in [0.4, 0.5) is 10.3 Å². The van der Waals surface area contributed by atoms with Gasteiger partial charge in [-0.2, -0.15) is 0 Å². The summed E-state index contributed by atoms with van der Waals surface area (Å²) in [6.45, 7) is 1.60. The number of carbonyl (C=O) groups is 1. The fraction of sp³-hybridized carbons (Fsp3) is 0.450. The van der Waals surface area contributed by atoms with Gasteiger partial charge in [-0.25, -0.2) is 14.4 Å². The fourth-order valence-electron chi connectivity index (χ4n) is 4.02. The van der Waals surface area contributed by atoms with E-state index in [1.165, 1.54) is 12.1 Å². The van der Waals surface area contributed by atoms with Gasteiger partial charge < -0.3 is 10.2 Å². The van der Waals surface area contributed by atoms with Crippen LogP contribution in [0, 0.1) is 5.82 Å². The van der Waals surface area contributed by atoms with E-state index >= 15 is 0 Å². The predicted octanol–water partition coefficient (Wildman–Crippen LogP) is 2.82. The summed E-state index contributed by atoms with van der Waals surface area (Å²) >= 11 is 0. The molecule has 5 nitrogen and oxygen atoms in total. The SMILES string of the molecule is O=C(NC1CCCN(c2ncccn2)C1)C1(c2cccc(F)c2)CCC1. The normalized spacial score (nSPS) is 21.7. The van der Waals surface area contributed by atoms with E-state index in [0.29, 0.717) is 12.5 Å². The maximum Gasteiger partial charge on any atom is 0.230 e. The van der Waals surface area contributed by atoms with Crippen LogP contribution < -0.4 is 10.2 Å². The molecule has 1 aromatic carbocycles. The molecule has 1 aliphatic heterocycles. The van der Waals surface area contributed by atoms with E-state index in [1.54, 1.807) is 24.5 Å². The van der Waals surface area contributed by atoms with Crippen LogP contribution in [0.25, 0.3) is 0 Å². The maximum atomic E-state index is 13.7. The summed E-state index contributed by atoms with van der Waals surface area (Å²) < 4.78 is 13.7. The molecule has 26 heavy (non-hydrogen) atoms. The van der Waals surface area contributed by atoms with E-state index in [4.69, 9.17) is 0 Å². The summed E-state index contributed by atoms with van der Waals surface area (Å²) in [5.74, 6) is 0.441. The van der Waals surface area contributed by atoms with Crippen LogP contribution in [0.3, 0.4) is 0 Å². The molecule has 1 saturated carbocycles. The number of piperidine rings is 1. The second kappa shape index (κ2) is 7.02. The highest BCUT2D eigenvalue weighted by molar-refractivity contribution is 5.89. The number of hydrogen-bond acceptors (Lipinski definition) is 4. The van der Waals surface area contributed by atoms with E-state index in [2.05, 4.69) is 20.2 Å². The molecule has 1 aromatic heterocycles. The van der Waals surface area contributed by atoms with Crippen LogP contribution >= 0.6 is 0 Å². The lowest BCUT2D eigenvalue weighted by Crippen LogP contribution is -2.55. The number of aromatic nitrogens is 2. The Morgan fingerprint density at radius 2 is 2.00 bits per heavy atom. The molecule has 2 aromatic rings. The first-order valence-corrected chi connectivity index (χ1v) is 9.26. The molecule has 2 heterocycles. The smallest absolute Gasteiger partial charge is 0.230 e. The summed E-state index contributed by atoms with van der Waals surface area (Å²) in [6.07, 6.45) is 7.94. The van der Waals surface area contributed by atoms with Crippen LogP contribution in [0.1, 0.15) is 37.7 Å². The Labute approximate surface area is 152 Å². The molecule has 136 valence electrons. The Morgan fingerprint density at radius 3 is 2.69 bits per heavy atom. The van der Waals surface area contributed by atoms with E-state index in [0.717, 1.165) is 44.2 Å². The molecule has 1 atom stereocenters. The third kappa shape index (κ3) is 3.16. The molecule has 0 radical (unpaired) electrons. The standard InChI is InChI=1S/C20H23FN4O/c21-16-6-1-5-15(13-16)20(8-3-9-20)18(26)24-17-7-2-12-25(14-17)19-22-10-4-11-23-19/h1,4-6,10-11,13,17H,2-3,7-9,12,14H2,(H,24,26). The van der Waals surface area contributed by atoms with Gasteiger partial charge in [-0.05, 0) is 49.4 Å². The van der Waals surface area contributed by atoms with Gasteiger partial charge in [-0.1, -0.05) is 18.6 Å². The average Bonchev–Trinajstić information content (AvgIpc) is 2.62. The van der Waals surface area contributed by atoms with Crippen molar-refractivity contribution >= 4 is 11.9 Å². The molecule has 6 heteroatoms. The van der Waals surface area contributed by atoms with Gasteiger partial charge in [-0.3, -0.25) is 4.79 Å². The van der Waals surface area contributed by atoms with Gasteiger partial charge in [0.15, 0.2) is 0 Å². The monoisotopic (exact) mass is 354 g/mol. The minimum Gasteiger partial charge on any atom is -0.351 e. The third-order valence-electron chi connectivity index (χ3n) is 5.61. The van der Waals surface area contributed by atoms with Crippen molar-refractivity contribution in [3.63, 3.8) is 0 Å². The number of halogens is 1. The molecular formula is C20H23FN4O. The van der Waals surface area contributed by atoms with E-state index in [-0.39, 0.29) is 17.8 Å². The summed E-state index contributed by atoms with van der Waals surface area (Å²) in [7, 11) is 0. The molecule has 1 saturated heterocycles. The topological polar surface area (TPSA) is 58.1 Å². The molecule has 1 amide bonds. The Kier molecular flexibility index (Phi) is 4.57. The highest BCUT2D eigenvalue weighted by atomic mass is 19.1. The third-order valence-corrected chi connectivity index (χ3v) is 5.61. The fourth-order valence-corrected chi connectivity index (χ4v) is 4.02. The molecule has 0 bridgehead atoms. The molecule has 1 aliphatic carbocycles. The van der Waals surface area contributed by atoms with Crippen LogP contribution in [-0.2, 0) is 10.2 Å². The molecular weight excluding hydrogens is 331 g/mol. The lowest BCUT2D eigenvalue weighted by molar-refractivity contribution is -0.130. The molecule has 1 unspecified atom stereocenters. The molecule has 0 spiro atoms. The number of rotatable bonds is 4. The lowest BCUT2D eigenvalue weighted by Gasteiger charge is -2.42. The van der Waals surface area contributed by atoms with Crippen LogP contribution in [-0.4, -0.2) is 35.0 Å². The number of benzene rings is 1. The second-order valence-electron chi connectivity index (χ2n) is 7.25. The first-order chi connectivity index (χ1) is 12.7. The number of hydrogen-bond donors (Lipinski definition) is 1. The highest BCUT2D eigenvalue weighted by Crippen LogP contribution is 2.44. The van der Waals surface area contributed by atoms with Gasteiger partial charge in [0.2, 0.25) is 11.9 Å². The van der Waals surface area contributed by atoms with Gasteiger partial charge in [0.25, 0.3) is 0 Å². The predicted molar refractivity (Wildman–Crippen MR) is 97.3 cm³/mol. The first-order valence-electron chi connectivity index (χ1n) is 9.26. The van der Waals surface area contributed by atoms with Crippen molar-refractivity contribution in [2.24, 2.45) is 0 Å². The number of nitrogens with zero attached hydrogens (tertiary/aromatic N) is 3. The summed E-state index contributed by atoms with van der Waals surface area (Å²) in [6, 6.07) is 8.34. The van der Waals surface area contributed by atoms with Crippen molar-refractivity contribution in [2.75, 3.05) is 18.0 Å². The number of amides is 1. The van der Waals surface area contributed by atoms with Gasteiger partial charge in [0.1, 0.15) is 5.82 Å². The van der Waals surface area contributed by atoms with Gasteiger partial charge in [0.05, 0.1) is 5.41 Å². The van der Waals surface area contributed by atoms with Crippen molar-refractivity contribution in [3.8, 4) is 0 Å². The number of nitrogens with one attached hydrogen (secondary N) is 1. The zero-order valence-corrected chi connectivity index (χ0v) is 14.7. The molecule has 2 fully saturated rings. The van der Waals surface area contributed by atoms with E-state index < -0.39 is 5.41 Å². The molecule has 2 aliphatic rings. The summed E-state index contributed by atoms with van der Waals surface area (Å²) in [4.78, 5) is 23.8. The van der Waals surface area contributed by atoms with Gasteiger partial charge in [0, 0.05) is 31.5 Å². The van der Waals surface area contributed by atoms with Gasteiger partial charge >= 0.3 is 0 Å². The first kappa shape index (κ1) is 16.9. The van der Waals surface area contributed by atoms with Crippen molar-refractivity contribution in [1.82, 2.24) is 15.3 Å². The van der Waals surface area contributed by atoms with Crippen LogP contribution in [0.2, 0.25) is 0 Å². The quantitative estimate of drug-likeness (QED) is 0.917. The number of anilines is 1. The zero-order valence-electron chi connectivity index (χ0n) is 14.7. The molecule has 1 N–H and O–H groups in total. The van der Waals surface area contributed by atoms with Crippen molar-refractivity contribution in [2.45, 2.75) is 43.6 Å². The Balaban J connectivity index is 1.47. The minimum atomic E-state index is -0.576. The lowest BCUT2D eigenvalue weighted by atomic mass is 9.63. The average molecular weight is 354 g/mol. The molecule has 4 rings (SSSR count). The maximum absolute atomic E-state index is 13.7. The zero-order chi connectivity index (χ0) is 18.0. The Morgan fingerprint density at radius 1 is 1.19 bits per heavy atom. The Bertz CT molecular complexity index is 778. The van der Waals surface area contributed by atoms with Crippen molar-refractivity contribution < 1.29 is 9.18 Å². The van der Waals surface area contributed by atoms with Crippen molar-refractivity contribution in [1.29, 1.82) is 0 Å². The van der Waals surface area contributed by atoms with Crippen molar-refractivity contribution in [3.05, 3.63) is 54.1 Å². The minimum absolute atomic E-state index is 0.0233. The highest BCUT2D eigenvalue weighted by Gasteiger charge is 2.46. The summed E-state index contributed by atoms with van der Waals surface area (Å²) in [5, 5.41) is 3.22.